The van der Waals surface area contributed by atoms with E-state index in [0.717, 1.165) is 23.9 Å². The van der Waals surface area contributed by atoms with Crippen molar-refractivity contribution in [2.24, 2.45) is 11.8 Å². The van der Waals surface area contributed by atoms with Crippen LogP contribution in [0.1, 0.15) is 71.6 Å². The van der Waals surface area contributed by atoms with Crippen LogP contribution in [0, 0.1) is 11.8 Å². The third-order valence-electron chi connectivity index (χ3n) is 4.90. The Balaban J connectivity index is 1.64. The van der Waals surface area contributed by atoms with Gasteiger partial charge in [0.2, 0.25) is 0 Å². The van der Waals surface area contributed by atoms with Gasteiger partial charge in [0.1, 0.15) is 0 Å². The summed E-state index contributed by atoms with van der Waals surface area (Å²) in [4.78, 5) is 0. The minimum atomic E-state index is 0.779. The number of hydrogen-bond acceptors (Lipinski definition) is 1. The van der Waals surface area contributed by atoms with Gasteiger partial charge in [-0.05, 0) is 57.3 Å². The minimum absolute atomic E-state index is 0.779. The Kier molecular flexibility index (Phi) is 4.69. The summed E-state index contributed by atoms with van der Waals surface area (Å²) in [5, 5.41) is 3.88. The molecule has 1 atom stereocenters. The first-order chi connectivity index (χ1) is 7.79. The maximum absolute atomic E-state index is 3.88. The molecule has 0 spiro atoms. The van der Waals surface area contributed by atoms with E-state index in [1.54, 1.807) is 0 Å². The Morgan fingerprint density at radius 3 is 2.25 bits per heavy atom. The molecule has 0 aliphatic heterocycles. The molecule has 2 aliphatic carbocycles. The molecule has 2 aliphatic rings. The molecule has 0 amide bonds. The van der Waals surface area contributed by atoms with Gasteiger partial charge < -0.3 is 5.32 Å². The second-order valence-corrected chi connectivity index (χ2v) is 6.15. The molecule has 1 N–H and O–H groups in total. The zero-order valence-corrected chi connectivity index (χ0v) is 11.2. The third-order valence-corrected chi connectivity index (χ3v) is 4.90. The summed E-state index contributed by atoms with van der Waals surface area (Å²) in [5.74, 6) is 2.04. The number of hydrogen-bond donors (Lipinski definition) is 1. The zero-order valence-electron chi connectivity index (χ0n) is 11.2. The molecule has 0 saturated heterocycles. The maximum atomic E-state index is 3.88. The number of rotatable bonds is 5. The van der Waals surface area contributed by atoms with Crippen LogP contribution >= 0.6 is 0 Å². The van der Waals surface area contributed by atoms with Crippen LogP contribution in [-0.4, -0.2) is 12.1 Å². The van der Waals surface area contributed by atoms with Crippen molar-refractivity contribution in [1.29, 1.82) is 0 Å². The van der Waals surface area contributed by atoms with Gasteiger partial charge in [-0.3, -0.25) is 0 Å². The van der Waals surface area contributed by atoms with Gasteiger partial charge in [0, 0.05) is 12.1 Å². The van der Waals surface area contributed by atoms with E-state index in [1.807, 2.05) is 0 Å². The van der Waals surface area contributed by atoms with Gasteiger partial charge in [-0.25, -0.2) is 0 Å². The average molecular weight is 223 g/mol. The molecule has 2 saturated carbocycles. The fourth-order valence-corrected chi connectivity index (χ4v) is 3.47. The van der Waals surface area contributed by atoms with Crippen LogP contribution in [0.25, 0.3) is 0 Å². The topological polar surface area (TPSA) is 12.0 Å². The Morgan fingerprint density at radius 1 is 1.06 bits per heavy atom. The van der Waals surface area contributed by atoms with Crippen LogP contribution in [0.5, 0.6) is 0 Å². The van der Waals surface area contributed by atoms with Gasteiger partial charge in [0.25, 0.3) is 0 Å². The van der Waals surface area contributed by atoms with Crippen LogP contribution in [0.2, 0.25) is 0 Å². The Morgan fingerprint density at radius 2 is 1.75 bits per heavy atom. The predicted molar refractivity (Wildman–Crippen MR) is 70.6 cm³/mol. The Bertz CT molecular complexity index is 190. The van der Waals surface area contributed by atoms with Crippen LogP contribution in [0.4, 0.5) is 0 Å². The van der Waals surface area contributed by atoms with Gasteiger partial charge >= 0.3 is 0 Å². The van der Waals surface area contributed by atoms with Crippen molar-refractivity contribution in [3.8, 4) is 0 Å². The second-order valence-electron chi connectivity index (χ2n) is 6.15. The Hall–Kier alpha value is -0.0400. The summed E-state index contributed by atoms with van der Waals surface area (Å²) < 4.78 is 0. The maximum Gasteiger partial charge on any atom is 0.00698 e. The monoisotopic (exact) mass is 223 g/mol. The molecule has 0 heterocycles. The first-order valence-electron chi connectivity index (χ1n) is 7.55. The second kappa shape index (κ2) is 6.05. The summed E-state index contributed by atoms with van der Waals surface area (Å²) in [6, 6.07) is 1.62. The summed E-state index contributed by atoms with van der Waals surface area (Å²) in [7, 11) is 0. The SMILES string of the molecule is CCCC1CCC(NC(C)C2CCC2)CC1. The molecule has 1 unspecified atom stereocenters. The first-order valence-corrected chi connectivity index (χ1v) is 7.55. The molecule has 1 nitrogen and oxygen atoms in total. The highest BCUT2D eigenvalue weighted by Gasteiger charge is 2.27. The van der Waals surface area contributed by atoms with Crippen molar-refractivity contribution in [2.75, 3.05) is 0 Å². The largest absolute Gasteiger partial charge is 0.311 e. The minimum Gasteiger partial charge on any atom is -0.311 e. The standard InChI is InChI=1S/C15H29N/c1-3-5-13-8-10-15(11-9-13)16-12(2)14-6-4-7-14/h12-16H,3-11H2,1-2H3. The van der Waals surface area contributed by atoms with Gasteiger partial charge in [-0.1, -0.05) is 26.2 Å². The highest BCUT2D eigenvalue weighted by molar-refractivity contribution is 4.84. The molecule has 2 fully saturated rings. The molecule has 0 aromatic heterocycles. The fourth-order valence-electron chi connectivity index (χ4n) is 3.47. The third kappa shape index (κ3) is 3.23. The highest BCUT2D eigenvalue weighted by atomic mass is 15.0. The molecule has 0 bridgehead atoms. The van der Waals surface area contributed by atoms with Crippen LogP contribution in [-0.2, 0) is 0 Å². The lowest BCUT2D eigenvalue weighted by molar-refractivity contribution is 0.197. The van der Waals surface area contributed by atoms with Gasteiger partial charge in [-0.2, -0.15) is 0 Å². The van der Waals surface area contributed by atoms with Gasteiger partial charge in [-0.15, -0.1) is 0 Å². The van der Waals surface area contributed by atoms with Crippen LogP contribution < -0.4 is 5.32 Å². The normalized spacial score (nSPS) is 33.4. The lowest BCUT2D eigenvalue weighted by Gasteiger charge is -2.37. The van der Waals surface area contributed by atoms with E-state index < -0.39 is 0 Å². The van der Waals surface area contributed by atoms with E-state index in [0.29, 0.717) is 0 Å². The van der Waals surface area contributed by atoms with E-state index >= 15 is 0 Å². The predicted octanol–water partition coefficient (Wildman–Crippen LogP) is 4.12. The first kappa shape index (κ1) is 12.4. The van der Waals surface area contributed by atoms with Crippen molar-refractivity contribution in [3.63, 3.8) is 0 Å². The Labute approximate surface area is 101 Å². The fraction of sp³-hybridized carbons (Fsp3) is 1.00. The van der Waals surface area contributed by atoms with Crippen molar-refractivity contribution >= 4 is 0 Å². The van der Waals surface area contributed by atoms with E-state index in [2.05, 4.69) is 19.2 Å². The molecule has 1 heteroatoms. The smallest absolute Gasteiger partial charge is 0.00698 e. The highest BCUT2D eigenvalue weighted by Crippen LogP contribution is 2.32. The molecule has 0 aromatic rings. The van der Waals surface area contributed by atoms with E-state index in [1.165, 1.54) is 57.8 Å². The molecule has 16 heavy (non-hydrogen) atoms. The van der Waals surface area contributed by atoms with Gasteiger partial charge in [0.15, 0.2) is 0 Å². The van der Waals surface area contributed by atoms with E-state index in [9.17, 15) is 0 Å². The summed E-state index contributed by atoms with van der Waals surface area (Å²) in [6.45, 7) is 4.73. The molecule has 2 rings (SSSR count). The molecule has 0 aromatic carbocycles. The van der Waals surface area contributed by atoms with Crippen molar-refractivity contribution in [2.45, 2.75) is 83.7 Å². The van der Waals surface area contributed by atoms with E-state index in [-0.39, 0.29) is 0 Å². The van der Waals surface area contributed by atoms with Crippen molar-refractivity contribution < 1.29 is 0 Å². The zero-order chi connectivity index (χ0) is 11.4. The lowest BCUT2D eigenvalue weighted by atomic mass is 9.79. The molecular weight excluding hydrogens is 194 g/mol. The average Bonchev–Trinajstić information content (AvgIpc) is 2.18. The summed E-state index contributed by atoms with van der Waals surface area (Å²) >= 11 is 0. The molecule has 94 valence electrons. The van der Waals surface area contributed by atoms with E-state index in [4.69, 9.17) is 0 Å². The molecule has 0 radical (unpaired) electrons. The van der Waals surface area contributed by atoms with Gasteiger partial charge in [0.05, 0.1) is 0 Å². The summed E-state index contributed by atoms with van der Waals surface area (Å²) in [6.07, 6.45) is 13.1. The quantitative estimate of drug-likeness (QED) is 0.739. The summed E-state index contributed by atoms with van der Waals surface area (Å²) in [5.41, 5.74) is 0. The number of nitrogens with one attached hydrogen (secondary N) is 1. The molecular formula is C15H29N. The van der Waals surface area contributed by atoms with Crippen molar-refractivity contribution in [1.82, 2.24) is 5.32 Å². The van der Waals surface area contributed by atoms with Crippen LogP contribution in [0.15, 0.2) is 0 Å². The van der Waals surface area contributed by atoms with Crippen molar-refractivity contribution in [3.05, 3.63) is 0 Å². The van der Waals surface area contributed by atoms with Crippen LogP contribution in [0.3, 0.4) is 0 Å². The lowest BCUT2D eigenvalue weighted by Crippen LogP contribution is -2.44.